The first-order valence-corrected chi connectivity index (χ1v) is 9.38. The molecule has 1 fully saturated rings. The molecule has 7 nitrogen and oxygen atoms in total. The van der Waals surface area contributed by atoms with E-state index in [-0.39, 0.29) is 5.91 Å². The molecule has 28 heavy (non-hydrogen) atoms. The number of ether oxygens (including phenoxy) is 3. The highest BCUT2D eigenvalue weighted by Gasteiger charge is 2.19. The fourth-order valence-electron chi connectivity index (χ4n) is 3.36. The number of amides is 1. The van der Waals surface area contributed by atoms with Gasteiger partial charge in [0.1, 0.15) is 5.69 Å². The molecule has 0 aliphatic carbocycles. The second-order valence-electron chi connectivity index (χ2n) is 6.94. The van der Waals surface area contributed by atoms with E-state index >= 15 is 0 Å². The largest absolute Gasteiger partial charge is 0.493 e. The SMILES string of the molecule is COc1cc(NC(=O)c2cc(N3CCC(C)CC3)ccn2)cc(OC)c1OC. The van der Waals surface area contributed by atoms with Crippen LogP contribution in [0.2, 0.25) is 0 Å². The van der Waals surface area contributed by atoms with Crippen molar-refractivity contribution in [2.45, 2.75) is 19.8 Å². The van der Waals surface area contributed by atoms with E-state index in [2.05, 4.69) is 22.1 Å². The third kappa shape index (κ3) is 4.30. The van der Waals surface area contributed by atoms with E-state index < -0.39 is 0 Å². The number of pyridine rings is 1. The fraction of sp³-hybridized carbons (Fsp3) is 0.429. The van der Waals surface area contributed by atoms with Crippen LogP contribution in [0.4, 0.5) is 11.4 Å². The van der Waals surface area contributed by atoms with Gasteiger partial charge in [-0.05, 0) is 30.9 Å². The number of anilines is 2. The molecule has 1 aliphatic heterocycles. The van der Waals surface area contributed by atoms with Crippen molar-refractivity contribution in [3.05, 3.63) is 36.2 Å². The van der Waals surface area contributed by atoms with Crippen LogP contribution in [-0.2, 0) is 0 Å². The van der Waals surface area contributed by atoms with Gasteiger partial charge in [0.25, 0.3) is 5.91 Å². The topological polar surface area (TPSA) is 72.9 Å². The molecule has 0 spiro atoms. The van der Waals surface area contributed by atoms with Crippen LogP contribution in [0, 0.1) is 5.92 Å². The summed E-state index contributed by atoms with van der Waals surface area (Å²) in [6.45, 7) is 4.28. The first kappa shape index (κ1) is 19.8. The number of carbonyl (C=O) groups excluding carboxylic acids is 1. The Morgan fingerprint density at radius 1 is 1.07 bits per heavy atom. The third-order valence-corrected chi connectivity index (χ3v) is 5.05. The minimum absolute atomic E-state index is 0.290. The number of benzene rings is 1. The van der Waals surface area contributed by atoms with E-state index in [1.165, 1.54) is 21.3 Å². The van der Waals surface area contributed by atoms with Crippen molar-refractivity contribution in [2.24, 2.45) is 5.92 Å². The molecule has 3 rings (SSSR count). The van der Waals surface area contributed by atoms with Crippen molar-refractivity contribution in [3.63, 3.8) is 0 Å². The quantitative estimate of drug-likeness (QED) is 0.819. The number of carbonyl (C=O) groups is 1. The van der Waals surface area contributed by atoms with Gasteiger partial charge in [0.05, 0.1) is 21.3 Å². The lowest BCUT2D eigenvalue weighted by Crippen LogP contribution is -2.33. The van der Waals surface area contributed by atoms with Crippen LogP contribution in [0.3, 0.4) is 0 Å². The molecule has 0 saturated carbocycles. The van der Waals surface area contributed by atoms with Gasteiger partial charge >= 0.3 is 0 Å². The Balaban J connectivity index is 1.79. The van der Waals surface area contributed by atoms with E-state index in [0.717, 1.165) is 37.5 Å². The number of nitrogens with one attached hydrogen (secondary N) is 1. The van der Waals surface area contributed by atoms with Gasteiger partial charge in [-0.1, -0.05) is 6.92 Å². The molecule has 1 aromatic carbocycles. The van der Waals surface area contributed by atoms with Crippen LogP contribution in [0.25, 0.3) is 0 Å². The van der Waals surface area contributed by atoms with Gasteiger partial charge in [0.2, 0.25) is 5.75 Å². The number of aromatic nitrogens is 1. The Labute approximate surface area is 165 Å². The highest BCUT2D eigenvalue weighted by Crippen LogP contribution is 2.40. The zero-order valence-corrected chi connectivity index (χ0v) is 16.8. The lowest BCUT2D eigenvalue weighted by atomic mass is 9.99. The normalized spacial score (nSPS) is 14.5. The van der Waals surface area contributed by atoms with Gasteiger partial charge in [-0.25, -0.2) is 0 Å². The van der Waals surface area contributed by atoms with Crippen molar-refractivity contribution < 1.29 is 19.0 Å². The molecule has 1 aromatic heterocycles. The van der Waals surface area contributed by atoms with Crippen LogP contribution in [-0.4, -0.2) is 45.3 Å². The number of piperidine rings is 1. The average Bonchev–Trinajstić information content (AvgIpc) is 2.73. The zero-order chi connectivity index (χ0) is 20.1. The number of methoxy groups -OCH3 is 3. The number of nitrogens with zero attached hydrogens (tertiary/aromatic N) is 2. The predicted octanol–water partition coefficient (Wildman–Crippen LogP) is 3.60. The minimum Gasteiger partial charge on any atom is -0.493 e. The minimum atomic E-state index is -0.290. The Hall–Kier alpha value is -2.96. The molecule has 0 radical (unpaired) electrons. The van der Waals surface area contributed by atoms with E-state index in [1.54, 1.807) is 18.3 Å². The molecular formula is C21H27N3O4. The molecule has 2 heterocycles. The summed E-state index contributed by atoms with van der Waals surface area (Å²) < 4.78 is 16.0. The van der Waals surface area contributed by atoms with Gasteiger partial charge in [-0.3, -0.25) is 9.78 Å². The van der Waals surface area contributed by atoms with E-state index in [4.69, 9.17) is 14.2 Å². The van der Waals surface area contributed by atoms with Crippen LogP contribution >= 0.6 is 0 Å². The lowest BCUT2D eigenvalue weighted by Gasteiger charge is -2.32. The highest BCUT2D eigenvalue weighted by molar-refractivity contribution is 6.03. The predicted molar refractivity (Wildman–Crippen MR) is 109 cm³/mol. The summed E-state index contributed by atoms with van der Waals surface area (Å²) in [6, 6.07) is 7.17. The van der Waals surface area contributed by atoms with Gasteiger partial charge in [0.15, 0.2) is 11.5 Å². The molecule has 1 amide bonds. The summed E-state index contributed by atoms with van der Waals surface area (Å²) in [7, 11) is 4.61. The maximum atomic E-state index is 12.7. The molecule has 150 valence electrons. The van der Waals surface area contributed by atoms with Crippen LogP contribution in [0.1, 0.15) is 30.3 Å². The van der Waals surface area contributed by atoms with Gasteiger partial charge in [-0.2, -0.15) is 0 Å². The van der Waals surface area contributed by atoms with Crippen molar-refractivity contribution >= 4 is 17.3 Å². The van der Waals surface area contributed by atoms with Gasteiger partial charge < -0.3 is 24.4 Å². The fourth-order valence-corrected chi connectivity index (χ4v) is 3.36. The van der Waals surface area contributed by atoms with Crippen molar-refractivity contribution in [2.75, 3.05) is 44.6 Å². The molecule has 1 N–H and O–H groups in total. The molecule has 0 bridgehead atoms. The maximum Gasteiger partial charge on any atom is 0.274 e. The zero-order valence-electron chi connectivity index (χ0n) is 16.8. The van der Waals surface area contributed by atoms with E-state index in [9.17, 15) is 4.79 Å². The number of rotatable bonds is 6. The Bertz CT molecular complexity index is 807. The van der Waals surface area contributed by atoms with Crippen LogP contribution < -0.4 is 24.4 Å². The Kier molecular flexibility index (Phi) is 6.23. The van der Waals surface area contributed by atoms with Crippen molar-refractivity contribution in [1.82, 2.24) is 4.98 Å². The van der Waals surface area contributed by atoms with E-state index in [0.29, 0.717) is 28.6 Å². The molecule has 2 aromatic rings. The maximum absolute atomic E-state index is 12.7. The summed E-state index contributed by atoms with van der Waals surface area (Å²) in [4.78, 5) is 19.3. The Morgan fingerprint density at radius 3 is 2.29 bits per heavy atom. The van der Waals surface area contributed by atoms with Gasteiger partial charge in [-0.15, -0.1) is 0 Å². The molecule has 0 unspecified atom stereocenters. The van der Waals surface area contributed by atoms with Crippen molar-refractivity contribution in [3.8, 4) is 17.2 Å². The molecule has 7 heteroatoms. The highest BCUT2D eigenvalue weighted by atomic mass is 16.5. The Morgan fingerprint density at radius 2 is 1.71 bits per heavy atom. The average molecular weight is 385 g/mol. The standard InChI is InChI=1S/C21H27N3O4/c1-14-6-9-24(10-7-14)16-5-8-22-17(13-16)21(25)23-15-11-18(26-2)20(28-4)19(12-15)27-3/h5,8,11-14H,6-7,9-10H2,1-4H3,(H,23,25). The molecule has 1 aliphatic rings. The van der Waals surface area contributed by atoms with Crippen LogP contribution in [0.15, 0.2) is 30.5 Å². The lowest BCUT2D eigenvalue weighted by molar-refractivity contribution is 0.102. The first-order valence-electron chi connectivity index (χ1n) is 9.38. The molecule has 1 saturated heterocycles. The smallest absolute Gasteiger partial charge is 0.274 e. The van der Waals surface area contributed by atoms with Crippen molar-refractivity contribution in [1.29, 1.82) is 0 Å². The van der Waals surface area contributed by atoms with Gasteiger partial charge in [0, 0.05) is 42.8 Å². The number of hydrogen-bond donors (Lipinski definition) is 1. The summed E-state index contributed by atoms with van der Waals surface area (Å²) in [6.07, 6.45) is 4.00. The number of hydrogen-bond acceptors (Lipinski definition) is 6. The molecular weight excluding hydrogens is 358 g/mol. The molecule has 0 atom stereocenters. The van der Waals surface area contributed by atoms with Crippen LogP contribution in [0.5, 0.6) is 17.2 Å². The first-order chi connectivity index (χ1) is 13.5. The monoisotopic (exact) mass is 385 g/mol. The second-order valence-corrected chi connectivity index (χ2v) is 6.94. The van der Waals surface area contributed by atoms with E-state index in [1.807, 2.05) is 12.1 Å². The summed E-state index contributed by atoms with van der Waals surface area (Å²) >= 11 is 0. The summed E-state index contributed by atoms with van der Waals surface area (Å²) in [5.74, 6) is 1.88. The second kappa shape index (κ2) is 8.82. The third-order valence-electron chi connectivity index (χ3n) is 5.05. The summed E-state index contributed by atoms with van der Waals surface area (Å²) in [5.41, 5.74) is 1.93. The summed E-state index contributed by atoms with van der Waals surface area (Å²) in [5, 5.41) is 2.86.